The van der Waals surface area contributed by atoms with E-state index < -0.39 is 17.6 Å². The standard InChI is InChI=1S/C26H27F2N3O3/c27-21-8-5-17(12-22(21)28)14-31-23-15-30(11-9-19(23)20-2-1-10-29-25(20)31)24(32)13-16-3-6-18(7-4-16)26(33)34/h1-2,5,8,10,12,16,18H,3-4,6-7,9,11,13-15H2,(H,33,34)/t16-,18-. The van der Waals surface area contributed by atoms with Crippen molar-refractivity contribution in [3.8, 4) is 0 Å². The molecule has 8 heteroatoms. The molecule has 0 radical (unpaired) electrons. The van der Waals surface area contributed by atoms with Crippen molar-refractivity contribution in [1.82, 2.24) is 14.5 Å². The molecule has 2 aromatic heterocycles. The molecule has 3 heterocycles. The number of fused-ring (bicyclic) bond motifs is 3. The van der Waals surface area contributed by atoms with Crippen LogP contribution in [0.25, 0.3) is 11.0 Å². The van der Waals surface area contributed by atoms with Crippen molar-refractivity contribution in [3.63, 3.8) is 0 Å². The highest BCUT2D eigenvalue weighted by Gasteiger charge is 2.31. The molecule has 5 rings (SSSR count). The van der Waals surface area contributed by atoms with E-state index in [1.165, 1.54) is 6.07 Å². The summed E-state index contributed by atoms with van der Waals surface area (Å²) in [5.74, 6) is -2.49. The van der Waals surface area contributed by atoms with E-state index in [0.717, 1.165) is 41.2 Å². The van der Waals surface area contributed by atoms with Gasteiger partial charge in [-0.1, -0.05) is 6.07 Å². The highest BCUT2D eigenvalue weighted by Crippen LogP contribution is 2.34. The van der Waals surface area contributed by atoms with Crippen LogP contribution in [0.5, 0.6) is 0 Å². The fourth-order valence-corrected chi connectivity index (χ4v) is 5.45. The first-order valence-corrected chi connectivity index (χ1v) is 11.8. The minimum absolute atomic E-state index is 0.0852. The van der Waals surface area contributed by atoms with E-state index in [9.17, 15) is 23.5 Å². The van der Waals surface area contributed by atoms with Gasteiger partial charge in [-0.2, -0.15) is 0 Å². The molecule has 2 aliphatic rings. The number of hydrogen-bond donors (Lipinski definition) is 1. The number of carboxylic acid groups (broad SMARTS) is 1. The molecule has 0 unspecified atom stereocenters. The van der Waals surface area contributed by atoms with E-state index in [0.29, 0.717) is 50.9 Å². The van der Waals surface area contributed by atoms with Crippen LogP contribution in [0.1, 0.15) is 48.9 Å². The van der Waals surface area contributed by atoms with E-state index in [4.69, 9.17) is 0 Å². The fourth-order valence-electron chi connectivity index (χ4n) is 5.45. The molecular formula is C26H27F2N3O3. The summed E-state index contributed by atoms with van der Waals surface area (Å²) in [5, 5.41) is 10.2. The molecule has 34 heavy (non-hydrogen) atoms. The van der Waals surface area contributed by atoms with Crippen LogP contribution in [0.15, 0.2) is 36.5 Å². The molecule has 1 aromatic carbocycles. The van der Waals surface area contributed by atoms with Gasteiger partial charge in [0.25, 0.3) is 0 Å². The molecule has 1 fully saturated rings. The number of rotatable bonds is 5. The van der Waals surface area contributed by atoms with E-state index in [1.54, 1.807) is 12.3 Å². The Morgan fingerprint density at radius 1 is 1.09 bits per heavy atom. The van der Waals surface area contributed by atoms with Crippen LogP contribution in [-0.4, -0.2) is 38.0 Å². The number of carbonyl (C=O) groups is 2. The van der Waals surface area contributed by atoms with E-state index in [1.807, 2.05) is 21.6 Å². The number of halogens is 2. The molecule has 1 saturated carbocycles. The minimum Gasteiger partial charge on any atom is -0.481 e. The van der Waals surface area contributed by atoms with Crippen LogP contribution >= 0.6 is 0 Å². The Bertz CT molecular complexity index is 1250. The molecule has 0 spiro atoms. The topological polar surface area (TPSA) is 75.4 Å². The molecular weight excluding hydrogens is 440 g/mol. The van der Waals surface area contributed by atoms with Crippen molar-refractivity contribution < 1.29 is 23.5 Å². The third kappa shape index (κ3) is 4.29. The zero-order chi connectivity index (χ0) is 23.8. The maximum absolute atomic E-state index is 13.8. The number of benzene rings is 1. The molecule has 0 bridgehead atoms. The molecule has 3 aromatic rings. The SMILES string of the molecule is O=C(C[C@H]1CC[C@H](C(=O)O)CC1)N1CCc2c(n(Cc3ccc(F)c(F)c3)c3ncccc23)C1. The molecule has 1 aliphatic carbocycles. The maximum atomic E-state index is 13.8. The normalized spacial score (nSPS) is 20.4. The smallest absolute Gasteiger partial charge is 0.306 e. The minimum atomic E-state index is -0.884. The predicted molar refractivity (Wildman–Crippen MR) is 122 cm³/mol. The zero-order valence-corrected chi connectivity index (χ0v) is 18.8. The first-order valence-electron chi connectivity index (χ1n) is 11.8. The van der Waals surface area contributed by atoms with Crippen molar-refractivity contribution in [2.24, 2.45) is 11.8 Å². The quantitative estimate of drug-likeness (QED) is 0.598. The predicted octanol–water partition coefficient (Wildman–Crippen LogP) is 4.53. The molecule has 0 saturated heterocycles. The number of aliphatic carboxylic acids is 1. The highest BCUT2D eigenvalue weighted by molar-refractivity contribution is 5.84. The van der Waals surface area contributed by atoms with E-state index in [2.05, 4.69) is 4.98 Å². The lowest BCUT2D eigenvalue weighted by atomic mass is 9.80. The fraction of sp³-hybridized carbons (Fsp3) is 0.423. The largest absolute Gasteiger partial charge is 0.481 e. The van der Waals surface area contributed by atoms with Crippen LogP contribution in [0.2, 0.25) is 0 Å². The van der Waals surface area contributed by atoms with Crippen LogP contribution in [0, 0.1) is 23.5 Å². The van der Waals surface area contributed by atoms with Crippen molar-refractivity contribution in [2.75, 3.05) is 6.54 Å². The molecule has 1 amide bonds. The average Bonchev–Trinajstić information content (AvgIpc) is 3.15. The Balaban J connectivity index is 1.36. The lowest BCUT2D eigenvalue weighted by Crippen LogP contribution is -2.38. The van der Waals surface area contributed by atoms with Gasteiger partial charge in [0.05, 0.1) is 12.5 Å². The van der Waals surface area contributed by atoms with Gasteiger partial charge in [-0.3, -0.25) is 9.59 Å². The van der Waals surface area contributed by atoms with Gasteiger partial charge in [-0.15, -0.1) is 0 Å². The highest BCUT2D eigenvalue weighted by atomic mass is 19.2. The third-order valence-corrected chi connectivity index (χ3v) is 7.35. The number of aromatic nitrogens is 2. The summed E-state index contributed by atoms with van der Waals surface area (Å²) in [7, 11) is 0. The number of amides is 1. The molecule has 178 valence electrons. The van der Waals surface area contributed by atoms with Gasteiger partial charge in [0.15, 0.2) is 11.6 Å². The molecule has 1 N–H and O–H groups in total. The monoisotopic (exact) mass is 467 g/mol. The van der Waals surface area contributed by atoms with E-state index >= 15 is 0 Å². The first kappa shape index (κ1) is 22.5. The lowest BCUT2D eigenvalue weighted by molar-refractivity contribution is -0.143. The third-order valence-electron chi connectivity index (χ3n) is 7.35. The Kier molecular flexibility index (Phi) is 6.06. The second kappa shape index (κ2) is 9.16. The van der Waals surface area contributed by atoms with Gasteiger partial charge in [0.1, 0.15) is 5.65 Å². The first-order chi connectivity index (χ1) is 16.4. The van der Waals surface area contributed by atoms with Crippen molar-refractivity contribution in [1.29, 1.82) is 0 Å². The van der Waals surface area contributed by atoms with Crippen molar-refractivity contribution in [3.05, 3.63) is 65.0 Å². The summed E-state index contributed by atoms with van der Waals surface area (Å²) in [6.45, 7) is 1.40. The lowest BCUT2D eigenvalue weighted by Gasteiger charge is -2.31. The molecule has 1 aliphatic heterocycles. The summed E-state index contributed by atoms with van der Waals surface area (Å²) in [6.07, 6.45) is 5.65. The maximum Gasteiger partial charge on any atom is 0.306 e. The van der Waals surface area contributed by atoms with Gasteiger partial charge in [-0.05, 0) is 73.4 Å². The summed E-state index contributed by atoms with van der Waals surface area (Å²) in [6, 6.07) is 7.80. The van der Waals surface area contributed by atoms with Gasteiger partial charge < -0.3 is 14.6 Å². The van der Waals surface area contributed by atoms with Crippen molar-refractivity contribution in [2.45, 2.75) is 51.6 Å². The second-order valence-corrected chi connectivity index (χ2v) is 9.46. The van der Waals surface area contributed by atoms with Crippen LogP contribution in [0.3, 0.4) is 0 Å². The Hall–Kier alpha value is -3.29. The Labute approximate surface area is 196 Å². The van der Waals surface area contributed by atoms with Gasteiger partial charge >= 0.3 is 5.97 Å². The Morgan fingerprint density at radius 2 is 1.88 bits per heavy atom. The van der Waals surface area contributed by atoms with Gasteiger partial charge in [0.2, 0.25) is 5.91 Å². The van der Waals surface area contributed by atoms with Crippen LogP contribution in [-0.2, 0) is 29.1 Å². The number of pyridine rings is 1. The zero-order valence-electron chi connectivity index (χ0n) is 18.8. The summed E-state index contributed by atoms with van der Waals surface area (Å²) in [5.41, 5.74) is 3.53. The average molecular weight is 468 g/mol. The van der Waals surface area contributed by atoms with Gasteiger partial charge in [-0.25, -0.2) is 13.8 Å². The molecule has 0 atom stereocenters. The molecule has 6 nitrogen and oxygen atoms in total. The van der Waals surface area contributed by atoms with Crippen molar-refractivity contribution >= 4 is 22.9 Å². The summed E-state index contributed by atoms with van der Waals surface area (Å²) < 4.78 is 29.3. The summed E-state index contributed by atoms with van der Waals surface area (Å²) in [4.78, 5) is 30.8. The number of carbonyl (C=O) groups excluding carboxylic acids is 1. The Morgan fingerprint density at radius 3 is 2.62 bits per heavy atom. The van der Waals surface area contributed by atoms with Crippen LogP contribution < -0.4 is 0 Å². The van der Waals surface area contributed by atoms with E-state index in [-0.39, 0.29) is 17.7 Å². The number of hydrogen-bond acceptors (Lipinski definition) is 3. The second-order valence-electron chi connectivity index (χ2n) is 9.46. The number of nitrogens with zero attached hydrogens (tertiary/aromatic N) is 3. The van der Waals surface area contributed by atoms with Gasteiger partial charge in [0, 0.05) is 36.8 Å². The number of carboxylic acids is 1. The van der Waals surface area contributed by atoms with Crippen LogP contribution in [0.4, 0.5) is 8.78 Å². The summed E-state index contributed by atoms with van der Waals surface area (Å²) >= 11 is 0.